The first-order chi connectivity index (χ1) is 13.7. The Morgan fingerprint density at radius 2 is 1.72 bits per heavy atom. The van der Waals surface area contributed by atoms with Crippen molar-refractivity contribution in [2.45, 2.75) is 27.2 Å². The van der Waals surface area contributed by atoms with Crippen LogP contribution in [-0.2, 0) is 0 Å². The van der Waals surface area contributed by atoms with Crippen molar-refractivity contribution in [3.8, 4) is 0 Å². The van der Waals surface area contributed by atoms with Crippen molar-refractivity contribution < 1.29 is 19.5 Å². The van der Waals surface area contributed by atoms with E-state index in [4.69, 9.17) is 5.11 Å². The summed E-state index contributed by atoms with van der Waals surface area (Å²) in [5, 5.41) is 11.7. The van der Waals surface area contributed by atoms with E-state index in [1.165, 1.54) is 18.3 Å². The first kappa shape index (κ1) is 20.5. The normalized spacial score (nSPS) is 18.9. The Bertz CT molecular complexity index is 930. The van der Waals surface area contributed by atoms with Crippen molar-refractivity contribution in [3.05, 3.63) is 58.9 Å². The predicted octanol–water partition coefficient (Wildman–Crippen LogP) is 3.46. The van der Waals surface area contributed by atoms with Gasteiger partial charge >= 0.3 is 5.97 Å². The van der Waals surface area contributed by atoms with Crippen LogP contribution in [0, 0.1) is 18.8 Å². The van der Waals surface area contributed by atoms with E-state index in [0.717, 1.165) is 25.1 Å². The fraction of sp³-hybridized carbons (Fsp3) is 0.364. The number of aryl methyl sites for hydroxylation is 1. The Hall–Kier alpha value is -3.22. The standard InChI is InChI=1S/C22H25N3O4/c1-13-8-14(2)12-25(11-13)21(27)16-5-4-15(3)19(9-16)24-20(26)17-6-7-18(22(28)29)23-10-17/h4-7,9-10,13-14H,8,11-12H2,1-3H3,(H,24,26)(H,28,29). The fourth-order valence-corrected chi connectivity index (χ4v) is 3.75. The van der Waals surface area contributed by atoms with E-state index >= 15 is 0 Å². The quantitative estimate of drug-likeness (QED) is 0.826. The maximum atomic E-state index is 13.0. The zero-order chi connectivity index (χ0) is 21.1. The van der Waals surface area contributed by atoms with Crippen LogP contribution < -0.4 is 5.32 Å². The highest BCUT2D eigenvalue weighted by Crippen LogP contribution is 2.24. The number of piperidine rings is 1. The van der Waals surface area contributed by atoms with Gasteiger partial charge in [0.15, 0.2) is 0 Å². The number of carboxylic acid groups (broad SMARTS) is 1. The summed E-state index contributed by atoms with van der Waals surface area (Å²) in [4.78, 5) is 42.0. The minimum Gasteiger partial charge on any atom is -0.477 e. The van der Waals surface area contributed by atoms with E-state index in [9.17, 15) is 14.4 Å². The molecule has 0 spiro atoms. The van der Waals surface area contributed by atoms with Crippen LogP contribution in [0.2, 0.25) is 0 Å². The minimum absolute atomic E-state index is 0.0358. The number of nitrogens with one attached hydrogen (secondary N) is 1. The van der Waals surface area contributed by atoms with Crippen molar-refractivity contribution in [2.75, 3.05) is 18.4 Å². The lowest BCUT2D eigenvalue weighted by atomic mass is 9.91. The smallest absolute Gasteiger partial charge is 0.354 e. The van der Waals surface area contributed by atoms with Gasteiger partial charge < -0.3 is 15.3 Å². The number of nitrogens with zero attached hydrogens (tertiary/aromatic N) is 2. The molecule has 0 aliphatic carbocycles. The third-order valence-corrected chi connectivity index (χ3v) is 5.13. The Balaban J connectivity index is 1.77. The Labute approximate surface area is 169 Å². The highest BCUT2D eigenvalue weighted by atomic mass is 16.4. The van der Waals surface area contributed by atoms with Gasteiger partial charge in [0.1, 0.15) is 5.69 Å². The van der Waals surface area contributed by atoms with Crippen molar-refractivity contribution in [3.63, 3.8) is 0 Å². The third kappa shape index (κ3) is 4.80. The molecule has 0 saturated carbocycles. The molecular formula is C22H25N3O4. The second-order valence-electron chi connectivity index (χ2n) is 7.88. The van der Waals surface area contributed by atoms with Crippen LogP contribution in [0.5, 0.6) is 0 Å². The summed E-state index contributed by atoms with van der Waals surface area (Å²) < 4.78 is 0. The van der Waals surface area contributed by atoms with Crippen LogP contribution in [0.3, 0.4) is 0 Å². The van der Waals surface area contributed by atoms with Crippen LogP contribution in [-0.4, -0.2) is 45.9 Å². The molecule has 1 aromatic heterocycles. The molecule has 0 bridgehead atoms. The van der Waals surface area contributed by atoms with Gasteiger partial charge in [0.25, 0.3) is 11.8 Å². The summed E-state index contributed by atoms with van der Waals surface area (Å²) in [6.45, 7) is 7.63. The highest BCUT2D eigenvalue weighted by molar-refractivity contribution is 6.05. The molecule has 29 heavy (non-hydrogen) atoms. The number of rotatable bonds is 4. The average molecular weight is 395 g/mol. The van der Waals surface area contributed by atoms with Crippen molar-refractivity contribution in [1.29, 1.82) is 0 Å². The van der Waals surface area contributed by atoms with E-state index in [1.807, 2.05) is 17.9 Å². The molecule has 1 saturated heterocycles. The first-order valence-electron chi connectivity index (χ1n) is 9.65. The number of amides is 2. The number of carboxylic acids is 1. The second-order valence-corrected chi connectivity index (χ2v) is 7.88. The van der Waals surface area contributed by atoms with Gasteiger partial charge in [-0.15, -0.1) is 0 Å². The van der Waals surface area contributed by atoms with Gasteiger partial charge in [-0.25, -0.2) is 9.78 Å². The molecule has 1 aromatic carbocycles. The largest absolute Gasteiger partial charge is 0.477 e. The summed E-state index contributed by atoms with van der Waals surface area (Å²) in [6.07, 6.45) is 2.34. The van der Waals surface area contributed by atoms with E-state index in [1.54, 1.807) is 12.1 Å². The number of carbonyl (C=O) groups is 3. The summed E-state index contributed by atoms with van der Waals surface area (Å²) in [5.41, 5.74) is 2.01. The molecule has 7 nitrogen and oxygen atoms in total. The van der Waals surface area contributed by atoms with E-state index in [2.05, 4.69) is 24.1 Å². The molecule has 2 aromatic rings. The van der Waals surface area contributed by atoms with Crippen LogP contribution in [0.25, 0.3) is 0 Å². The molecule has 1 aliphatic heterocycles. The minimum atomic E-state index is -1.15. The lowest BCUT2D eigenvalue weighted by Crippen LogP contribution is -2.42. The fourth-order valence-electron chi connectivity index (χ4n) is 3.75. The summed E-state index contributed by atoms with van der Waals surface area (Å²) in [5.74, 6) is -0.670. The second kappa shape index (κ2) is 8.43. The number of benzene rings is 1. The first-order valence-corrected chi connectivity index (χ1v) is 9.65. The van der Waals surface area contributed by atoms with Crippen molar-refractivity contribution >= 4 is 23.5 Å². The number of aromatic carboxylic acids is 1. The van der Waals surface area contributed by atoms with Gasteiger partial charge in [-0.1, -0.05) is 19.9 Å². The molecule has 1 aliphatic rings. The van der Waals surface area contributed by atoms with E-state index in [-0.39, 0.29) is 17.2 Å². The van der Waals surface area contributed by atoms with Crippen molar-refractivity contribution in [1.82, 2.24) is 9.88 Å². The number of pyridine rings is 1. The number of aromatic nitrogens is 1. The molecule has 2 amide bonds. The molecule has 2 unspecified atom stereocenters. The van der Waals surface area contributed by atoms with E-state index < -0.39 is 11.9 Å². The molecule has 2 heterocycles. The maximum absolute atomic E-state index is 13.0. The molecule has 7 heteroatoms. The van der Waals surface area contributed by atoms with Gasteiger partial charge in [-0.05, 0) is 55.0 Å². The average Bonchev–Trinajstić information content (AvgIpc) is 2.68. The molecule has 2 atom stereocenters. The molecule has 1 fully saturated rings. The third-order valence-electron chi connectivity index (χ3n) is 5.13. The van der Waals surface area contributed by atoms with Crippen LogP contribution in [0.4, 0.5) is 5.69 Å². The topological polar surface area (TPSA) is 99.6 Å². The Morgan fingerprint density at radius 1 is 1.07 bits per heavy atom. The zero-order valence-corrected chi connectivity index (χ0v) is 16.8. The van der Waals surface area contributed by atoms with Crippen LogP contribution in [0.1, 0.15) is 57.0 Å². The maximum Gasteiger partial charge on any atom is 0.354 e. The van der Waals surface area contributed by atoms with Gasteiger partial charge in [0.2, 0.25) is 0 Å². The number of anilines is 1. The Morgan fingerprint density at radius 3 is 2.31 bits per heavy atom. The van der Waals surface area contributed by atoms with E-state index in [0.29, 0.717) is 23.1 Å². The highest BCUT2D eigenvalue weighted by Gasteiger charge is 2.26. The lowest BCUT2D eigenvalue weighted by molar-refractivity contribution is 0.0622. The lowest BCUT2D eigenvalue weighted by Gasteiger charge is -2.35. The number of carbonyl (C=O) groups excluding carboxylic acids is 2. The zero-order valence-electron chi connectivity index (χ0n) is 16.8. The Kier molecular flexibility index (Phi) is 5.96. The number of likely N-dealkylation sites (tertiary alicyclic amines) is 1. The number of hydrogen-bond donors (Lipinski definition) is 2. The van der Waals surface area contributed by atoms with Gasteiger partial charge in [0, 0.05) is 30.5 Å². The van der Waals surface area contributed by atoms with Gasteiger partial charge in [0.05, 0.1) is 5.56 Å². The molecule has 3 rings (SSSR count). The summed E-state index contributed by atoms with van der Waals surface area (Å²) >= 11 is 0. The van der Waals surface area contributed by atoms with Gasteiger partial charge in [-0.2, -0.15) is 0 Å². The van der Waals surface area contributed by atoms with Gasteiger partial charge in [-0.3, -0.25) is 9.59 Å². The summed E-state index contributed by atoms with van der Waals surface area (Å²) in [6, 6.07) is 7.97. The number of hydrogen-bond acceptors (Lipinski definition) is 4. The monoisotopic (exact) mass is 395 g/mol. The van der Waals surface area contributed by atoms with Crippen molar-refractivity contribution in [2.24, 2.45) is 11.8 Å². The SMILES string of the molecule is Cc1ccc(C(=O)N2CC(C)CC(C)C2)cc1NC(=O)c1ccc(C(=O)O)nc1. The molecule has 2 N–H and O–H groups in total. The predicted molar refractivity (Wildman–Crippen MR) is 109 cm³/mol. The van der Waals surface area contributed by atoms with Crippen LogP contribution >= 0.6 is 0 Å². The summed E-state index contributed by atoms with van der Waals surface area (Å²) in [7, 11) is 0. The molecular weight excluding hydrogens is 370 g/mol. The molecule has 152 valence electrons. The molecule has 0 radical (unpaired) electrons. The van der Waals surface area contributed by atoms with Crippen LogP contribution in [0.15, 0.2) is 36.5 Å².